The van der Waals surface area contributed by atoms with Crippen molar-refractivity contribution in [1.82, 2.24) is 9.97 Å². The van der Waals surface area contributed by atoms with Crippen molar-refractivity contribution in [3.8, 4) is 22.8 Å². The predicted octanol–water partition coefficient (Wildman–Crippen LogP) is 7.71. The van der Waals surface area contributed by atoms with E-state index in [1.54, 1.807) is 7.11 Å². The van der Waals surface area contributed by atoms with Gasteiger partial charge in [-0.25, -0.2) is 15.0 Å². The predicted molar refractivity (Wildman–Crippen MR) is 157 cm³/mol. The molecule has 7 heteroatoms. The van der Waals surface area contributed by atoms with Crippen LogP contribution < -0.4 is 14.5 Å². The van der Waals surface area contributed by atoms with Gasteiger partial charge in [0.15, 0.2) is 0 Å². The van der Waals surface area contributed by atoms with Crippen LogP contribution in [-0.2, 0) is 0 Å². The zero-order valence-corrected chi connectivity index (χ0v) is 22.5. The van der Waals surface area contributed by atoms with Gasteiger partial charge in [0.25, 0.3) is 0 Å². The fraction of sp³-hybridized carbons (Fsp3) is 0.156. The average Bonchev–Trinajstić information content (AvgIpc) is 3.43. The number of rotatable bonds is 7. The molecule has 6 rings (SSSR count). The maximum Gasteiger partial charge on any atom is 0.247 e. The number of hydrogen-bond acceptors (Lipinski definition) is 6. The summed E-state index contributed by atoms with van der Waals surface area (Å²) in [6.07, 6.45) is 0.697. The molecule has 0 unspecified atom stereocenters. The number of fused-ring (bicyclic) bond motifs is 1. The van der Waals surface area contributed by atoms with Crippen molar-refractivity contribution in [1.29, 1.82) is 0 Å². The Morgan fingerprint density at radius 1 is 0.846 bits per heavy atom. The highest BCUT2D eigenvalue weighted by Crippen LogP contribution is 2.38. The van der Waals surface area contributed by atoms with Crippen molar-refractivity contribution in [3.05, 3.63) is 113 Å². The number of benzene rings is 4. The van der Waals surface area contributed by atoms with Crippen LogP contribution in [0.3, 0.4) is 0 Å². The van der Waals surface area contributed by atoms with E-state index in [4.69, 9.17) is 36.1 Å². The molecule has 194 valence electrons. The monoisotopic (exact) mass is 534 g/mol. The molecular formula is C32H27ClN4O2. The third-order valence-electron chi connectivity index (χ3n) is 6.81. The van der Waals surface area contributed by atoms with Gasteiger partial charge in [-0.1, -0.05) is 54.1 Å². The van der Waals surface area contributed by atoms with E-state index in [0.29, 0.717) is 24.0 Å². The minimum absolute atomic E-state index is 0.0915. The van der Waals surface area contributed by atoms with Crippen LogP contribution in [0.4, 0.5) is 5.95 Å². The summed E-state index contributed by atoms with van der Waals surface area (Å²) < 4.78 is 11.0. The van der Waals surface area contributed by atoms with Crippen LogP contribution in [0.1, 0.15) is 30.5 Å². The van der Waals surface area contributed by atoms with Crippen molar-refractivity contribution in [3.63, 3.8) is 0 Å². The van der Waals surface area contributed by atoms with Gasteiger partial charge in [-0.3, -0.25) is 0 Å². The average molecular weight is 535 g/mol. The SMILES string of the molecule is CCOc1ccc([C@@H]2CC(c3ccc(OC)cc3)=NN2c2nc(-c3ccccc3)c3cc(Cl)ccc3n2)cc1. The van der Waals surface area contributed by atoms with Crippen LogP contribution in [0, 0.1) is 0 Å². The number of methoxy groups -OCH3 is 1. The zero-order valence-electron chi connectivity index (χ0n) is 21.7. The van der Waals surface area contributed by atoms with E-state index in [1.807, 2.05) is 96.9 Å². The Morgan fingerprint density at radius 3 is 2.31 bits per heavy atom. The highest BCUT2D eigenvalue weighted by molar-refractivity contribution is 6.31. The second kappa shape index (κ2) is 10.8. The van der Waals surface area contributed by atoms with Crippen molar-refractivity contribution >= 4 is 34.2 Å². The number of halogens is 1. The molecule has 0 bridgehead atoms. The summed E-state index contributed by atoms with van der Waals surface area (Å²) in [5, 5.41) is 8.57. The minimum Gasteiger partial charge on any atom is -0.497 e. The Morgan fingerprint density at radius 2 is 1.59 bits per heavy atom. The summed E-state index contributed by atoms with van der Waals surface area (Å²) in [5.41, 5.74) is 5.71. The molecule has 0 N–H and O–H groups in total. The number of ether oxygens (including phenoxy) is 2. The van der Waals surface area contributed by atoms with Gasteiger partial charge in [0, 0.05) is 22.4 Å². The van der Waals surface area contributed by atoms with Gasteiger partial charge >= 0.3 is 0 Å². The number of nitrogens with zero attached hydrogens (tertiary/aromatic N) is 4. The molecule has 0 fully saturated rings. The third-order valence-corrected chi connectivity index (χ3v) is 7.04. The first kappa shape index (κ1) is 24.9. The first-order valence-electron chi connectivity index (χ1n) is 12.9. The van der Waals surface area contributed by atoms with E-state index in [1.165, 1.54) is 0 Å². The maximum absolute atomic E-state index is 6.38. The van der Waals surface area contributed by atoms with Crippen LogP contribution in [-0.4, -0.2) is 29.4 Å². The van der Waals surface area contributed by atoms with Crippen molar-refractivity contribution < 1.29 is 9.47 Å². The molecule has 0 amide bonds. The Balaban J connectivity index is 1.49. The van der Waals surface area contributed by atoms with Gasteiger partial charge in [0.2, 0.25) is 5.95 Å². The van der Waals surface area contributed by atoms with E-state index < -0.39 is 0 Å². The molecule has 1 aliphatic rings. The lowest BCUT2D eigenvalue weighted by molar-refractivity contribution is 0.340. The number of aromatic nitrogens is 2. The lowest BCUT2D eigenvalue weighted by atomic mass is 9.98. The minimum atomic E-state index is -0.0915. The molecular weight excluding hydrogens is 508 g/mol. The maximum atomic E-state index is 6.38. The second-order valence-electron chi connectivity index (χ2n) is 9.24. The number of anilines is 1. The molecule has 1 atom stereocenters. The molecule has 1 aliphatic heterocycles. The topological polar surface area (TPSA) is 59.8 Å². The second-order valence-corrected chi connectivity index (χ2v) is 9.68. The summed E-state index contributed by atoms with van der Waals surface area (Å²) in [6.45, 7) is 2.60. The fourth-order valence-corrected chi connectivity index (χ4v) is 5.04. The molecule has 4 aromatic carbocycles. The van der Waals surface area contributed by atoms with Gasteiger partial charge in [-0.05, 0) is 72.6 Å². The zero-order chi connectivity index (χ0) is 26.8. The molecule has 0 saturated carbocycles. The molecule has 0 spiro atoms. The fourth-order valence-electron chi connectivity index (χ4n) is 4.87. The highest BCUT2D eigenvalue weighted by atomic mass is 35.5. The Kier molecular flexibility index (Phi) is 6.86. The van der Waals surface area contributed by atoms with Crippen molar-refractivity contribution in [2.75, 3.05) is 18.7 Å². The first-order chi connectivity index (χ1) is 19.1. The summed E-state index contributed by atoms with van der Waals surface area (Å²) in [7, 11) is 1.67. The molecule has 0 aliphatic carbocycles. The molecule has 39 heavy (non-hydrogen) atoms. The lowest BCUT2D eigenvalue weighted by Gasteiger charge is -2.23. The Labute approximate surface area is 232 Å². The van der Waals surface area contributed by atoms with E-state index >= 15 is 0 Å². The Bertz CT molecular complexity index is 1640. The van der Waals surface area contributed by atoms with Crippen LogP contribution >= 0.6 is 11.6 Å². The molecule has 0 radical (unpaired) electrons. The summed E-state index contributed by atoms with van der Waals surface area (Å²) in [4.78, 5) is 10.0. The van der Waals surface area contributed by atoms with Crippen molar-refractivity contribution in [2.24, 2.45) is 5.10 Å². The standard InChI is InChI=1S/C32H27ClN4O2/c1-3-39-26-16-11-22(12-17-26)30-20-29(21-9-14-25(38-2)15-10-21)36-37(30)32-34-28-18-13-24(33)19-27(28)31(35-32)23-7-5-4-6-8-23/h4-19,30H,3,20H2,1-2H3/t30-/m0/s1. The van der Waals surface area contributed by atoms with Crippen LogP contribution in [0.5, 0.6) is 11.5 Å². The van der Waals surface area contributed by atoms with E-state index in [2.05, 4.69) is 12.1 Å². The third kappa shape index (κ3) is 5.03. The molecule has 5 aromatic rings. The molecule has 1 aromatic heterocycles. The lowest BCUT2D eigenvalue weighted by Crippen LogP contribution is -2.21. The highest BCUT2D eigenvalue weighted by Gasteiger charge is 2.32. The van der Waals surface area contributed by atoms with E-state index in [9.17, 15) is 0 Å². The van der Waals surface area contributed by atoms with Gasteiger partial charge in [0.05, 0.1) is 36.7 Å². The van der Waals surface area contributed by atoms with Crippen molar-refractivity contribution in [2.45, 2.75) is 19.4 Å². The summed E-state index contributed by atoms with van der Waals surface area (Å²) >= 11 is 6.38. The van der Waals surface area contributed by atoms with E-state index in [0.717, 1.165) is 50.5 Å². The molecule has 2 heterocycles. The summed E-state index contributed by atoms with van der Waals surface area (Å²) in [5.74, 6) is 2.18. The first-order valence-corrected chi connectivity index (χ1v) is 13.3. The van der Waals surface area contributed by atoms with Crippen LogP contribution in [0.25, 0.3) is 22.2 Å². The van der Waals surface area contributed by atoms with E-state index in [-0.39, 0.29) is 6.04 Å². The molecule has 6 nitrogen and oxygen atoms in total. The van der Waals surface area contributed by atoms with Gasteiger partial charge in [-0.15, -0.1) is 0 Å². The van der Waals surface area contributed by atoms with Crippen LogP contribution in [0.15, 0.2) is 102 Å². The smallest absolute Gasteiger partial charge is 0.247 e. The Hall–Kier alpha value is -4.42. The van der Waals surface area contributed by atoms with Gasteiger partial charge in [-0.2, -0.15) is 5.10 Å². The number of hydrogen-bond donors (Lipinski definition) is 0. The summed E-state index contributed by atoms with van der Waals surface area (Å²) in [6, 6.07) is 31.9. The molecule has 0 saturated heterocycles. The van der Waals surface area contributed by atoms with Gasteiger partial charge < -0.3 is 9.47 Å². The largest absolute Gasteiger partial charge is 0.497 e. The quantitative estimate of drug-likeness (QED) is 0.214. The van der Waals surface area contributed by atoms with Gasteiger partial charge in [0.1, 0.15) is 11.5 Å². The normalized spacial score (nSPS) is 14.9. The number of hydrazone groups is 1. The van der Waals surface area contributed by atoms with Crippen LogP contribution in [0.2, 0.25) is 5.02 Å².